The Balaban J connectivity index is 3.16. The molecule has 1 nitrogen and oxygen atoms in total. The number of nitrogens with one attached hydrogen (secondary N) is 1. The zero-order valence-corrected chi connectivity index (χ0v) is 5.98. The maximum Gasteiger partial charge on any atom is 0.0407 e. The van der Waals surface area contributed by atoms with E-state index < -0.39 is 0 Å². The van der Waals surface area contributed by atoms with Crippen molar-refractivity contribution in [3.63, 3.8) is 0 Å². The van der Waals surface area contributed by atoms with E-state index in [-0.39, 0.29) is 0 Å². The molecule has 0 aromatic rings. The van der Waals surface area contributed by atoms with Crippen LogP contribution in [0.15, 0.2) is 12.7 Å². The molecule has 0 rings (SSSR count). The molecule has 0 radical (unpaired) electrons. The molecule has 0 saturated carbocycles. The molecule has 1 N–H and O–H groups in total. The molecule has 0 atom stereocenters. The largest absolute Gasteiger partial charge is 0.342 e. The van der Waals surface area contributed by atoms with Crippen LogP contribution in [0.5, 0.6) is 0 Å². The Labute approximate surface area is 62.5 Å². The van der Waals surface area contributed by atoms with Crippen LogP contribution in [0.1, 0.15) is 12.8 Å². The van der Waals surface area contributed by atoms with Gasteiger partial charge in [0.25, 0.3) is 0 Å². The van der Waals surface area contributed by atoms with Crippen LogP contribution >= 0.6 is 0 Å². The van der Waals surface area contributed by atoms with Gasteiger partial charge in [-0.15, -0.1) is 18.9 Å². The summed E-state index contributed by atoms with van der Waals surface area (Å²) >= 11 is 0. The van der Waals surface area contributed by atoms with E-state index in [1.165, 1.54) is 0 Å². The normalized spacial score (nSPS) is 6.70. The fourth-order valence-electron chi connectivity index (χ4n) is 0.383. The molecule has 52 valence electrons. The van der Waals surface area contributed by atoms with Crippen molar-refractivity contribution in [3.8, 4) is 24.3 Å². The summed E-state index contributed by atoms with van der Waals surface area (Å²) < 4.78 is 0. The summed E-state index contributed by atoms with van der Waals surface area (Å²) in [6, 6.07) is 2.75. The average Bonchev–Trinajstić information content (AvgIpc) is 1.97. The van der Waals surface area contributed by atoms with E-state index in [9.17, 15) is 0 Å². The van der Waals surface area contributed by atoms with Gasteiger partial charge in [0.1, 0.15) is 0 Å². The Bertz CT molecular complexity index is 175. The first-order chi connectivity index (χ1) is 4.91. The van der Waals surface area contributed by atoms with Crippen LogP contribution in [-0.2, 0) is 0 Å². The fourth-order valence-corrected chi connectivity index (χ4v) is 0.383. The van der Waals surface area contributed by atoms with E-state index in [1.807, 2.05) is 0 Å². The van der Waals surface area contributed by atoms with E-state index in [0.717, 1.165) is 19.4 Å². The number of hydrogen-bond donors (Lipinski definition) is 1. The quantitative estimate of drug-likeness (QED) is 0.263. The molecule has 0 unspecified atom stereocenters. The van der Waals surface area contributed by atoms with Gasteiger partial charge in [-0.25, -0.2) is 0 Å². The van der Waals surface area contributed by atoms with E-state index in [2.05, 4.69) is 29.8 Å². The lowest BCUT2D eigenvalue weighted by atomic mass is 10.3. The maximum atomic E-state index is 5.02. The van der Waals surface area contributed by atoms with Crippen LogP contribution in [-0.4, -0.2) is 6.54 Å². The van der Waals surface area contributed by atoms with Crippen molar-refractivity contribution in [2.75, 3.05) is 6.54 Å². The van der Waals surface area contributed by atoms with Gasteiger partial charge in [-0.3, -0.25) is 0 Å². The minimum Gasteiger partial charge on any atom is -0.342 e. The monoisotopic (exact) mass is 133 g/mol. The van der Waals surface area contributed by atoms with Crippen molar-refractivity contribution >= 4 is 0 Å². The highest BCUT2D eigenvalue weighted by molar-refractivity contribution is 5.00. The summed E-state index contributed by atoms with van der Waals surface area (Å²) in [4.78, 5) is 0. The van der Waals surface area contributed by atoms with Gasteiger partial charge >= 0.3 is 0 Å². The second-order valence-electron chi connectivity index (χ2n) is 1.68. The molecule has 1 heteroatoms. The standard InChI is InChI=1S/C9H11N/c1-3-5-6-7-9-10-8-4-2/h1,4,10H,2,5-6,8H2. The van der Waals surface area contributed by atoms with Gasteiger partial charge in [0, 0.05) is 25.4 Å². The van der Waals surface area contributed by atoms with Gasteiger partial charge in [0.2, 0.25) is 0 Å². The first-order valence-corrected chi connectivity index (χ1v) is 3.17. The van der Waals surface area contributed by atoms with Gasteiger partial charge in [-0.1, -0.05) is 12.0 Å². The third-order valence-electron chi connectivity index (χ3n) is 0.818. The Morgan fingerprint density at radius 2 is 2.30 bits per heavy atom. The zero-order valence-electron chi connectivity index (χ0n) is 5.98. The molecule has 0 bridgehead atoms. The third-order valence-corrected chi connectivity index (χ3v) is 0.818. The van der Waals surface area contributed by atoms with Crippen molar-refractivity contribution in [2.24, 2.45) is 0 Å². The minimum atomic E-state index is 0.725. The molecule has 10 heavy (non-hydrogen) atoms. The molecule has 0 fully saturated rings. The highest BCUT2D eigenvalue weighted by Crippen LogP contribution is 1.79. The summed E-state index contributed by atoms with van der Waals surface area (Å²) in [5.41, 5.74) is 0. The van der Waals surface area contributed by atoms with Gasteiger partial charge in [-0.2, -0.15) is 0 Å². The highest BCUT2D eigenvalue weighted by atomic mass is 14.8. The fraction of sp³-hybridized carbons (Fsp3) is 0.333. The molecule has 0 aromatic carbocycles. The van der Waals surface area contributed by atoms with Gasteiger partial charge in [-0.05, 0) is 0 Å². The van der Waals surface area contributed by atoms with Crippen LogP contribution in [0.3, 0.4) is 0 Å². The molecule has 0 heterocycles. The van der Waals surface area contributed by atoms with Crippen LogP contribution in [0, 0.1) is 24.3 Å². The van der Waals surface area contributed by atoms with E-state index in [4.69, 9.17) is 6.42 Å². The summed E-state index contributed by atoms with van der Waals surface area (Å²) in [5.74, 6) is 5.38. The first kappa shape index (κ1) is 8.66. The topological polar surface area (TPSA) is 12.0 Å². The second-order valence-corrected chi connectivity index (χ2v) is 1.68. The second kappa shape index (κ2) is 7.66. The predicted octanol–water partition coefficient (Wildman–Crippen LogP) is 1.14. The molecule has 0 saturated heterocycles. The molecule has 0 aromatic heterocycles. The number of hydrogen-bond acceptors (Lipinski definition) is 1. The van der Waals surface area contributed by atoms with E-state index in [1.54, 1.807) is 6.08 Å². The van der Waals surface area contributed by atoms with Crippen molar-refractivity contribution in [3.05, 3.63) is 12.7 Å². The summed E-state index contributed by atoms with van der Waals surface area (Å²) in [6.45, 7) is 4.26. The van der Waals surface area contributed by atoms with E-state index >= 15 is 0 Å². The van der Waals surface area contributed by atoms with Crippen molar-refractivity contribution in [1.82, 2.24) is 5.32 Å². The summed E-state index contributed by atoms with van der Waals surface area (Å²) in [7, 11) is 0. The number of unbranched alkanes of at least 4 members (excludes halogenated alkanes) is 1. The lowest BCUT2D eigenvalue weighted by Crippen LogP contribution is -2.03. The lowest BCUT2D eigenvalue weighted by Gasteiger charge is -1.85. The third kappa shape index (κ3) is 6.66. The van der Waals surface area contributed by atoms with Crippen LogP contribution < -0.4 is 5.32 Å². The Morgan fingerprint density at radius 3 is 2.90 bits per heavy atom. The maximum absolute atomic E-state index is 5.02. The lowest BCUT2D eigenvalue weighted by molar-refractivity contribution is 1.02. The van der Waals surface area contributed by atoms with Gasteiger partial charge in [0.05, 0.1) is 0 Å². The van der Waals surface area contributed by atoms with Crippen molar-refractivity contribution in [2.45, 2.75) is 12.8 Å². The average molecular weight is 133 g/mol. The van der Waals surface area contributed by atoms with E-state index in [0.29, 0.717) is 0 Å². The molecule has 0 aliphatic rings. The molecule has 0 amide bonds. The highest BCUT2D eigenvalue weighted by Gasteiger charge is 1.71. The van der Waals surface area contributed by atoms with Crippen LogP contribution in [0.2, 0.25) is 0 Å². The smallest absolute Gasteiger partial charge is 0.0407 e. The summed E-state index contributed by atoms with van der Waals surface area (Å²) in [5, 5.41) is 2.85. The molecule has 0 spiro atoms. The Morgan fingerprint density at radius 1 is 1.50 bits per heavy atom. The minimum absolute atomic E-state index is 0.725. The zero-order chi connectivity index (χ0) is 7.66. The van der Waals surface area contributed by atoms with Crippen molar-refractivity contribution < 1.29 is 0 Å². The van der Waals surface area contributed by atoms with Crippen molar-refractivity contribution in [1.29, 1.82) is 0 Å². The van der Waals surface area contributed by atoms with Gasteiger partial charge in [0.15, 0.2) is 0 Å². The molecular formula is C9H11N. The van der Waals surface area contributed by atoms with Gasteiger partial charge < -0.3 is 5.32 Å². The first-order valence-electron chi connectivity index (χ1n) is 3.17. The number of terminal acetylenes is 1. The van der Waals surface area contributed by atoms with Crippen LogP contribution in [0.4, 0.5) is 0 Å². The molecule has 0 aliphatic heterocycles. The SMILES string of the molecule is C#CCCC#CNCC=C. The predicted molar refractivity (Wildman–Crippen MR) is 44.0 cm³/mol. The Kier molecular flexibility index (Phi) is 6.63. The number of rotatable bonds is 3. The summed E-state index contributed by atoms with van der Waals surface area (Å²) in [6.07, 6.45) is 8.26. The molecule has 0 aliphatic carbocycles. The van der Waals surface area contributed by atoms with Crippen LogP contribution in [0.25, 0.3) is 0 Å². The Hall–Kier alpha value is -1.34. The molecular weight excluding hydrogens is 122 g/mol.